The van der Waals surface area contributed by atoms with Gasteiger partial charge in [0.05, 0.1) is 30.1 Å². The van der Waals surface area contributed by atoms with E-state index in [1.54, 1.807) is 38.1 Å². The predicted molar refractivity (Wildman–Crippen MR) is 119 cm³/mol. The molecule has 1 amide bonds. The topological polar surface area (TPSA) is 127 Å². The number of carbonyl (C=O) groups excluding carboxylic acids is 1. The Morgan fingerprint density at radius 3 is 2.84 bits per heavy atom. The van der Waals surface area contributed by atoms with Gasteiger partial charge in [-0.1, -0.05) is 23.7 Å². The lowest BCUT2D eigenvalue weighted by molar-refractivity contribution is 0.0911. The van der Waals surface area contributed by atoms with Gasteiger partial charge in [-0.15, -0.1) is 0 Å². The number of hydrogen-bond donors (Lipinski definition) is 4. The van der Waals surface area contributed by atoms with E-state index in [9.17, 15) is 19.6 Å². The number of hydrogen-bond acceptors (Lipinski definition) is 6. The summed E-state index contributed by atoms with van der Waals surface area (Å²) in [4.78, 5) is 24.5. The molecule has 0 bridgehead atoms. The lowest BCUT2D eigenvalue weighted by Crippen LogP contribution is -2.31. The highest BCUT2D eigenvalue weighted by Gasteiger charge is 2.24. The van der Waals surface area contributed by atoms with Crippen molar-refractivity contribution >= 4 is 23.5 Å². The maximum Gasteiger partial charge on any atom is 0.268 e. The Morgan fingerprint density at radius 2 is 2.19 bits per heavy atom. The van der Waals surface area contributed by atoms with Gasteiger partial charge in [0.1, 0.15) is 18.4 Å². The van der Waals surface area contributed by atoms with Crippen molar-refractivity contribution in [1.29, 1.82) is 5.26 Å². The highest BCUT2D eigenvalue weighted by Crippen LogP contribution is 2.31. The first-order valence-electron chi connectivity index (χ1n) is 9.83. The van der Waals surface area contributed by atoms with Gasteiger partial charge in [0.15, 0.2) is 0 Å². The molecule has 0 radical (unpaired) electrons. The fourth-order valence-corrected chi connectivity index (χ4v) is 3.62. The van der Waals surface area contributed by atoms with E-state index >= 15 is 0 Å². The van der Waals surface area contributed by atoms with Crippen molar-refractivity contribution in [3.8, 4) is 17.3 Å². The minimum atomic E-state index is -0.655. The standard InChI is InChI=1S/C22H22ClFN6O2/c1-12-18(20-15(9-25)10-27-22(30-20)26-7-6-24)13(2)28-19(12)21(32)29-17(11-31)14-4-3-5-16(23)8-14/h3-5,8,10,17,28,31H,6-7,11H2,1-2H3,(H,29,32)(H,26,27,30)/t17-/m1/s1. The zero-order valence-electron chi connectivity index (χ0n) is 17.5. The van der Waals surface area contributed by atoms with E-state index in [1.807, 2.05) is 0 Å². The molecule has 0 fully saturated rings. The summed E-state index contributed by atoms with van der Waals surface area (Å²) in [5.74, 6) is -0.247. The number of aromatic amines is 1. The maximum absolute atomic E-state index is 13.0. The summed E-state index contributed by atoms with van der Waals surface area (Å²) >= 11 is 6.02. The van der Waals surface area contributed by atoms with Crippen LogP contribution >= 0.6 is 11.6 Å². The number of nitrogens with one attached hydrogen (secondary N) is 3. The van der Waals surface area contributed by atoms with Crippen LogP contribution in [0.3, 0.4) is 0 Å². The average molecular weight is 457 g/mol. The molecule has 0 spiro atoms. The first kappa shape index (κ1) is 23.2. The monoisotopic (exact) mass is 456 g/mol. The molecule has 0 aliphatic rings. The second-order valence-electron chi connectivity index (χ2n) is 7.07. The molecule has 2 aromatic heterocycles. The minimum absolute atomic E-state index is 0.0378. The normalized spacial score (nSPS) is 11.6. The van der Waals surface area contributed by atoms with Crippen LogP contribution < -0.4 is 10.6 Å². The molecule has 4 N–H and O–H groups in total. The van der Waals surface area contributed by atoms with Crippen molar-refractivity contribution in [1.82, 2.24) is 20.3 Å². The van der Waals surface area contributed by atoms with Crippen LogP contribution in [0.15, 0.2) is 30.5 Å². The van der Waals surface area contributed by atoms with Crippen LogP contribution in [-0.2, 0) is 0 Å². The summed E-state index contributed by atoms with van der Waals surface area (Å²) in [6.45, 7) is 2.63. The van der Waals surface area contributed by atoms with Crippen LogP contribution in [-0.4, -0.2) is 45.8 Å². The first-order chi connectivity index (χ1) is 15.4. The van der Waals surface area contributed by atoms with Gasteiger partial charge in [-0.05, 0) is 37.1 Å². The summed E-state index contributed by atoms with van der Waals surface area (Å²) in [6.07, 6.45) is 1.36. The lowest BCUT2D eigenvalue weighted by atomic mass is 10.0. The van der Waals surface area contributed by atoms with Gasteiger partial charge in [-0.3, -0.25) is 4.79 Å². The van der Waals surface area contributed by atoms with E-state index in [0.717, 1.165) is 0 Å². The Hall–Kier alpha value is -3.48. The van der Waals surface area contributed by atoms with Gasteiger partial charge in [-0.2, -0.15) is 5.26 Å². The van der Waals surface area contributed by atoms with Crippen LogP contribution in [0, 0.1) is 25.2 Å². The largest absolute Gasteiger partial charge is 0.394 e. The fourth-order valence-electron chi connectivity index (χ4n) is 3.42. The molecule has 0 unspecified atom stereocenters. The third-order valence-corrected chi connectivity index (χ3v) is 5.16. The molecule has 2 heterocycles. The summed E-state index contributed by atoms with van der Waals surface area (Å²) in [6, 6.07) is 8.28. The SMILES string of the molecule is Cc1[nH]c(C(=O)N[C@H](CO)c2cccc(Cl)c2)c(C)c1-c1nc(NCCF)ncc1C#N. The molecule has 3 aromatic rings. The van der Waals surface area contributed by atoms with Crippen molar-refractivity contribution in [3.63, 3.8) is 0 Å². The molecule has 8 nitrogen and oxygen atoms in total. The van der Waals surface area contributed by atoms with Gasteiger partial charge < -0.3 is 20.7 Å². The second kappa shape index (κ2) is 10.2. The zero-order chi connectivity index (χ0) is 23.3. The molecule has 1 atom stereocenters. The minimum Gasteiger partial charge on any atom is -0.394 e. The highest BCUT2D eigenvalue weighted by molar-refractivity contribution is 6.30. The van der Waals surface area contributed by atoms with E-state index in [2.05, 4.69) is 31.7 Å². The molecule has 3 rings (SSSR count). The predicted octanol–water partition coefficient (Wildman–Crippen LogP) is 3.46. The first-order valence-corrected chi connectivity index (χ1v) is 10.2. The number of amides is 1. The van der Waals surface area contributed by atoms with Crippen LogP contribution in [0.1, 0.15) is 38.9 Å². The Bertz CT molecular complexity index is 1170. The number of nitrogens with zero attached hydrogens (tertiary/aromatic N) is 3. The van der Waals surface area contributed by atoms with Crippen LogP contribution in [0.2, 0.25) is 5.02 Å². The Balaban J connectivity index is 1.95. The van der Waals surface area contributed by atoms with Crippen LogP contribution in [0.5, 0.6) is 0 Å². The number of halogens is 2. The van der Waals surface area contributed by atoms with E-state index < -0.39 is 18.6 Å². The van der Waals surface area contributed by atoms with Crippen molar-refractivity contribution in [2.24, 2.45) is 0 Å². The number of aryl methyl sites for hydroxylation is 1. The molecule has 0 saturated carbocycles. The highest BCUT2D eigenvalue weighted by atomic mass is 35.5. The van der Waals surface area contributed by atoms with Crippen molar-refractivity contribution < 1.29 is 14.3 Å². The molecular weight excluding hydrogens is 435 g/mol. The number of aliphatic hydroxyl groups is 1. The number of nitriles is 1. The summed E-state index contributed by atoms with van der Waals surface area (Å²) in [7, 11) is 0. The summed E-state index contributed by atoms with van der Waals surface area (Å²) in [5, 5.41) is 25.3. The molecule has 1 aromatic carbocycles. The molecule has 32 heavy (non-hydrogen) atoms. The van der Waals surface area contributed by atoms with Gasteiger partial charge in [-0.25, -0.2) is 14.4 Å². The number of alkyl halides is 1. The smallest absolute Gasteiger partial charge is 0.268 e. The van der Waals surface area contributed by atoms with Gasteiger partial charge in [0.2, 0.25) is 5.95 Å². The van der Waals surface area contributed by atoms with E-state index in [4.69, 9.17) is 11.6 Å². The summed E-state index contributed by atoms with van der Waals surface area (Å²) < 4.78 is 12.5. The molecule has 0 aliphatic heterocycles. The third-order valence-electron chi connectivity index (χ3n) is 4.93. The van der Waals surface area contributed by atoms with Gasteiger partial charge in [0.25, 0.3) is 5.91 Å². The zero-order valence-corrected chi connectivity index (χ0v) is 18.3. The summed E-state index contributed by atoms with van der Waals surface area (Å²) in [5.41, 5.74) is 3.29. The Labute approximate surface area is 189 Å². The quantitative estimate of drug-likeness (QED) is 0.411. The van der Waals surface area contributed by atoms with E-state index in [1.165, 1.54) is 6.20 Å². The lowest BCUT2D eigenvalue weighted by Gasteiger charge is -2.17. The Kier molecular flexibility index (Phi) is 7.41. The molecule has 10 heteroatoms. The second-order valence-corrected chi connectivity index (χ2v) is 7.51. The number of anilines is 1. The number of aromatic nitrogens is 3. The maximum atomic E-state index is 13.0. The number of H-pyrrole nitrogens is 1. The molecule has 0 saturated heterocycles. The van der Waals surface area contributed by atoms with Gasteiger partial charge in [0, 0.05) is 22.8 Å². The third kappa shape index (κ3) is 4.88. The number of rotatable bonds is 8. The van der Waals surface area contributed by atoms with Crippen LogP contribution in [0.25, 0.3) is 11.3 Å². The van der Waals surface area contributed by atoms with Gasteiger partial charge >= 0.3 is 0 Å². The van der Waals surface area contributed by atoms with Crippen molar-refractivity contribution in [3.05, 3.63) is 63.6 Å². The van der Waals surface area contributed by atoms with E-state index in [-0.39, 0.29) is 30.4 Å². The molecule has 0 aliphatic carbocycles. The van der Waals surface area contributed by atoms with E-state index in [0.29, 0.717) is 33.1 Å². The molecule has 166 valence electrons. The fraction of sp³-hybridized carbons (Fsp3) is 0.273. The van der Waals surface area contributed by atoms with Crippen molar-refractivity contribution in [2.75, 3.05) is 25.1 Å². The van der Waals surface area contributed by atoms with Crippen molar-refractivity contribution in [2.45, 2.75) is 19.9 Å². The average Bonchev–Trinajstić information content (AvgIpc) is 3.09. The van der Waals surface area contributed by atoms with Crippen LogP contribution in [0.4, 0.5) is 10.3 Å². The number of carbonyl (C=O) groups is 1. The Morgan fingerprint density at radius 1 is 1.41 bits per heavy atom. The molecular formula is C22H22ClFN6O2. The number of aliphatic hydroxyl groups excluding tert-OH is 1. The number of benzene rings is 1.